The maximum absolute atomic E-state index is 12.2. The van der Waals surface area contributed by atoms with Gasteiger partial charge in [0, 0.05) is 17.3 Å². The third-order valence-corrected chi connectivity index (χ3v) is 4.31. The standard InChI is InChI=1S/C15H17ClN4OS/c1-4-9-20-11(3)18-19-15(20)22-10(2)14(21)17-13-7-5-12(16)6-8-13/h4-8,10H,1,9H2,2-3H3,(H,17,21)/t10-/m0/s1. The van der Waals surface area contributed by atoms with E-state index in [0.717, 1.165) is 5.82 Å². The Morgan fingerprint density at radius 2 is 2.14 bits per heavy atom. The Bertz CT molecular complexity index is 669. The predicted molar refractivity (Wildman–Crippen MR) is 90.4 cm³/mol. The van der Waals surface area contributed by atoms with Gasteiger partial charge in [-0.15, -0.1) is 16.8 Å². The van der Waals surface area contributed by atoms with Crippen molar-refractivity contribution in [3.05, 3.63) is 47.8 Å². The van der Waals surface area contributed by atoms with Gasteiger partial charge >= 0.3 is 0 Å². The molecule has 1 atom stereocenters. The highest BCUT2D eigenvalue weighted by atomic mass is 35.5. The molecule has 1 amide bonds. The van der Waals surface area contributed by atoms with Crippen LogP contribution in [-0.4, -0.2) is 25.9 Å². The molecule has 0 fully saturated rings. The van der Waals surface area contributed by atoms with Crippen LogP contribution in [0.3, 0.4) is 0 Å². The molecule has 0 spiro atoms. The van der Waals surface area contributed by atoms with Crippen LogP contribution in [-0.2, 0) is 11.3 Å². The van der Waals surface area contributed by atoms with Gasteiger partial charge in [-0.05, 0) is 38.1 Å². The van der Waals surface area contributed by atoms with Crippen LogP contribution in [0.4, 0.5) is 5.69 Å². The number of halogens is 1. The summed E-state index contributed by atoms with van der Waals surface area (Å²) < 4.78 is 1.92. The van der Waals surface area contributed by atoms with Gasteiger partial charge in [-0.2, -0.15) is 0 Å². The van der Waals surface area contributed by atoms with Gasteiger partial charge in [-0.3, -0.25) is 4.79 Å². The van der Waals surface area contributed by atoms with E-state index in [1.165, 1.54) is 11.8 Å². The number of anilines is 1. The monoisotopic (exact) mass is 336 g/mol. The average Bonchev–Trinajstić information content (AvgIpc) is 2.83. The third-order valence-electron chi connectivity index (χ3n) is 2.98. The van der Waals surface area contributed by atoms with Gasteiger partial charge in [0.2, 0.25) is 5.91 Å². The fourth-order valence-corrected chi connectivity index (χ4v) is 2.81. The van der Waals surface area contributed by atoms with Gasteiger partial charge in [-0.25, -0.2) is 0 Å². The fourth-order valence-electron chi connectivity index (χ4n) is 1.78. The summed E-state index contributed by atoms with van der Waals surface area (Å²) in [6, 6.07) is 7.00. The first-order valence-corrected chi connectivity index (χ1v) is 8.01. The van der Waals surface area contributed by atoms with Crippen molar-refractivity contribution in [2.24, 2.45) is 0 Å². The van der Waals surface area contributed by atoms with E-state index < -0.39 is 0 Å². The van der Waals surface area contributed by atoms with E-state index in [1.807, 2.05) is 18.4 Å². The number of rotatable bonds is 6. The van der Waals surface area contributed by atoms with Gasteiger partial charge in [0.1, 0.15) is 5.82 Å². The van der Waals surface area contributed by atoms with Crippen LogP contribution in [0.5, 0.6) is 0 Å². The van der Waals surface area contributed by atoms with Crippen molar-refractivity contribution in [2.75, 3.05) is 5.32 Å². The van der Waals surface area contributed by atoms with Gasteiger partial charge in [-0.1, -0.05) is 29.4 Å². The van der Waals surface area contributed by atoms with E-state index in [-0.39, 0.29) is 11.2 Å². The maximum atomic E-state index is 12.2. The molecule has 22 heavy (non-hydrogen) atoms. The Labute approximate surface area is 138 Å². The Hall–Kier alpha value is -1.79. The lowest BCUT2D eigenvalue weighted by molar-refractivity contribution is -0.115. The Balaban J connectivity index is 2.02. The Kier molecular flexibility index (Phi) is 5.63. The summed E-state index contributed by atoms with van der Waals surface area (Å²) in [5.41, 5.74) is 0.714. The number of benzene rings is 1. The summed E-state index contributed by atoms with van der Waals surface area (Å²) in [6.07, 6.45) is 1.78. The molecule has 1 aromatic carbocycles. The van der Waals surface area contributed by atoms with E-state index in [0.29, 0.717) is 22.4 Å². The second-order valence-corrected chi connectivity index (χ2v) is 6.43. The molecule has 2 aromatic rings. The Morgan fingerprint density at radius 1 is 1.45 bits per heavy atom. The third kappa shape index (κ3) is 4.11. The van der Waals surface area contributed by atoms with Crippen molar-refractivity contribution in [2.45, 2.75) is 30.8 Å². The second-order valence-electron chi connectivity index (χ2n) is 4.69. The first-order chi connectivity index (χ1) is 10.5. The van der Waals surface area contributed by atoms with Crippen LogP contribution in [0, 0.1) is 6.92 Å². The van der Waals surface area contributed by atoms with E-state index in [9.17, 15) is 4.79 Å². The molecule has 0 aliphatic heterocycles. The molecule has 0 saturated carbocycles. The predicted octanol–water partition coefficient (Wildman–Crippen LogP) is 3.55. The van der Waals surface area contributed by atoms with Crippen LogP contribution >= 0.6 is 23.4 Å². The van der Waals surface area contributed by atoms with Crippen LogP contribution in [0.25, 0.3) is 0 Å². The van der Waals surface area contributed by atoms with Gasteiger partial charge in [0.05, 0.1) is 5.25 Å². The summed E-state index contributed by atoms with van der Waals surface area (Å²) in [6.45, 7) is 8.04. The average molecular weight is 337 g/mol. The largest absolute Gasteiger partial charge is 0.325 e. The first kappa shape index (κ1) is 16.6. The molecule has 0 aliphatic rings. The topological polar surface area (TPSA) is 59.8 Å². The normalized spacial score (nSPS) is 12.0. The lowest BCUT2D eigenvalue weighted by Crippen LogP contribution is -2.22. The molecule has 5 nitrogen and oxygen atoms in total. The summed E-state index contributed by atoms with van der Waals surface area (Å²) >= 11 is 7.19. The van der Waals surface area contributed by atoms with Crippen LogP contribution < -0.4 is 5.32 Å². The molecular formula is C15H17ClN4OS. The number of thioether (sulfide) groups is 1. The molecule has 1 heterocycles. The summed E-state index contributed by atoms with van der Waals surface area (Å²) in [7, 11) is 0. The summed E-state index contributed by atoms with van der Waals surface area (Å²) in [5.74, 6) is 0.700. The number of aromatic nitrogens is 3. The van der Waals surface area contributed by atoms with Crippen molar-refractivity contribution >= 4 is 35.0 Å². The van der Waals surface area contributed by atoms with E-state index in [1.54, 1.807) is 30.3 Å². The number of nitrogens with zero attached hydrogens (tertiary/aromatic N) is 3. The molecule has 0 aliphatic carbocycles. The quantitative estimate of drug-likeness (QED) is 0.647. The zero-order valence-corrected chi connectivity index (χ0v) is 14.0. The minimum Gasteiger partial charge on any atom is -0.325 e. The molecule has 7 heteroatoms. The van der Waals surface area contributed by atoms with Gasteiger partial charge in [0.25, 0.3) is 0 Å². The number of amides is 1. The Morgan fingerprint density at radius 3 is 2.77 bits per heavy atom. The van der Waals surface area contributed by atoms with Crippen molar-refractivity contribution in [1.29, 1.82) is 0 Å². The first-order valence-electron chi connectivity index (χ1n) is 6.75. The molecule has 0 saturated heterocycles. The molecule has 0 radical (unpaired) electrons. The smallest absolute Gasteiger partial charge is 0.237 e. The minimum atomic E-state index is -0.303. The second kappa shape index (κ2) is 7.47. The lowest BCUT2D eigenvalue weighted by Gasteiger charge is -2.12. The number of carbonyl (C=O) groups is 1. The molecule has 116 valence electrons. The molecule has 2 rings (SSSR count). The minimum absolute atomic E-state index is 0.0990. The maximum Gasteiger partial charge on any atom is 0.237 e. The highest BCUT2D eigenvalue weighted by molar-refractivity contribution is 8.00. The van der Waals surface area contributed by atoms with Crippen molar-refractivity contribution in [1.82, 2.24) is 14.8 Å². The molecule has 0 unspecified atom stereocenters. The van der Waals surface area contributed by atoms with Crippen molar-refractivity contribution in [3.63, 3.8) is 0 Å². The van der Waals surface area contributed by atoms with Crippen LogP contribution in [0.2, 0.25) is 5.02 Å². The lowest BCUT2D eigenvalue weighted by atomic mass is 10.3. The van der Waals surface area contributed by atoms with Crippen LogP contribution in [0.1, 0.15) is 12.7 Å². The van der Waals surface area contributed by atoms with E-state index in [2.05, 4.69) is 22.1 Å². The van der Waals surface area contributed by atoms with Gasteiger partial charge in [0.15, 0.2) is 5.16 Å². The number of hydrogen-bond acceptors (Lipinski definition) is 4. The zero-order chi connectivity index (χ0) is 16.1. The molecule has 1 aromatic heterocycles. The zero-order valence-electron chi connectivity index (χ0n) is 12.4. The number of aryl methyl sites for hydroxylation is 1. The van der Waals surface area contributed by atoms with E-state index in [4.69, 9.17) is 11.6 Å². The molecule has 0 bridgehead atoms. The summed E-state index contributed by atoms with van der Waals surface area (Å²) in [5, 5.41) is 12.0. The summed E-state index contributed by atoms with van der Waals surface area (Å²) in [4.78, 5) is 12.2. The fraction of sp³-hybridized carbons (Fsp3) is 0.267. The highest BCUT2D eigenvalue weighted by Gasteiger charge is 2.18. The van der Waals surface area contributed by atoms with Gasteiger partial charge < -0.3 is 9.88 Å². The SMILES string of the molecule is C=CCn1c(C)nnc1S[C@@H](C)C(=O)Nc1ccc(Cl)cc1. The van der Waals surface area contributed by atoms with Crippen molar-refractivity contribution in [3.8, 4) is 0 Å². The van der Waals surface area contributed by atoms with Crippen LogP contribution in [0.15, 0.2) is 42.1 Å². The number of allylic oxidation sites excluding steroid dienone is 1. The molecular weight excluding hydrogens is 320 g/mol. The molecule has 1 N–H and O–H groups in total. The van der Waals surface area contributed by atoms with Crippen molar-refractivity contribution < 1.29 is 4.79 Å². The number of carbonyl (C=O) groups excluding carboxylic acids is 1. The number of nitrogens with one attached hydrogen (secondary N) is 1. The highest BCUT2D eigenvalue weighted by Crippen LogP contribution is 2.23. The number of hydrogen-bond donors (Lipinski definition) is 1. The van der Waals surface area contributed by atoms with E-state index >= 15 is 0 Å².